The van der Waals surface area contributed by atoms with Crippen molar-refractivity contribution in [2.45, 2.75) is 31.9 Å². The summed E-state index contributed by atoms with van der Waals surface area (Å²) in [5.41, 5.74) is 2.29. The highest BCUT2D eigenvalue weighted by atomic mass is 16.5. The maximum Gasteiger partial charge on any atom is 0.219 e. The molecule has 2 aromatic heterocycles. The molecule has 0 saturated heterocycles. The zero-order valence-electron chi connectivity index (χ0n) is 19.2. The summed E-state index contributed by atoms with van der Waals surface area (Å²) < 4.78 is 11.6. The fourth-order valence-corrected chi connectivity index (χ4v) is 3.58. The summed E-state index contributed by atoms with van der Waals surface area (Å²) in [6, 6.07) is 18.9. The van der Waals surface area contributed by atoms with Crippen molar-refractivity contribution < 1.29 is 14.6 Å². The summed E-state index contributed by atoms with van der Waals surface area (Å²) in [5, 5.41) is 30.5. The lowest BCUT2D eigenvalue weighted by Gasteiger charge is -2.28. The Balaban J connectivity index is 1.25. The van der Waals surface area contributed by atoms with Crippen LogP contribution in [0.25, 0.3) is 10.9 Å². The number of H-pyrrole nitrogens is 1. The van der Waals surface area contributed by atoms with Crippen molar-refractivity contribution in [3.63, 3.8) is 0 Å². The summed E-state index contributed by atoms with van der Waals surface area (Å²) in [4.78, 5) is 4.12. The number of hydrogen-bond donors (Lipinski definition) is 3. The fraction of sp³-hybridized carbons (Fsp3) is 0.269. The standard InChI is InChI=1S/C26H27N5O3/c1-26(2,29-15-20(32)17-33-24-5-3-4-23-22(24)16-30-31-23)12-18-6-9-21(10-7-18)34-25-11-8-19(13-27)14-28-25/h3-11,14,16,20,29,32H,12,15,17H2,1-2H3,(H,30,31)/t20-/m0/s1. The molecule has 34 heavy (non-hydrogen) atoms. The Kier molecular flexibility index (Phi) is 7.07. The number of nitriles is 1. The molecule has 1 atom stereocenters. The molecule has 0 aliphatic heterocycles. The van der Waals surface area contributed by atoms with Gasteiger partial charge in [-0.2, -0.15) is 10.4 Å². The smallest absolute Gasteiger partial charge is 0.219 e. The van der Waals surface area contributed by atoms with Gasteiger partial charge in [-0.25, -0.2) is 4.98 Å². The van der Waals surface area contributed by atoms with Gasteiger partial charge in [-0.3, -0.25) is 5.10 Å². The lowest BCUT2D eigenvalue weighted by atomic mass is 9.94. The minimum absolute atomic E-state index is 0.183. The Morgan fingerprint density at radius 1 is 1.12 bits per heavy atom. The van der Waals surface area contributed by atoms with Crippen molar-refractivity contribution in [1.82, 2.24) is 20.5 Å². The van der Waals surface area contributed by atoms with Crippen LogP contribution in [0.1, 0.15) is 25.0 Å². The van der Waals surface area contributed by atoms with Crippen LogP contribution in [0.4, 0.5) is 0 Å². The molecule has 4 aromatic rings. The second-order valence-corrected chi connectivity index (χ2v) is 8.74. The van der Waals surface area contributed by atoms with E-state index in [2.05, 4.69) is 34.3 Å². The van der Waals surface area contributed by atoms with Crippen LogP contribution in [0.2, 0.25) is 0 Å². The predicted molar refractivity (Wildman–Crippen MR) is 129 cm³/mol. The van der Waals surface area contributed by atoms with Gasteiger partial charge in [0.05, 0.1) is 22.7 Å². The quantitative estimate of drug-likeness (QED) is 0.330. The van der Waals surface area contributed by atoms with Crippen LogP contribution in [0.15, 0.2) is 67.0 Å². The van der Waals surface area contributed by atoms with Gasteiger partial charge in [-0.05, 0) is 56.2 Å². The Labute approximate surface area is 198 Å². The number of aliphatic hydroxyl groups excluding tert-OH is 1. The number of nitrogens with one attached hydrogen (secondary N) is 2. The Morgan fingerprint density at radius 3 is 2.68 bits per heavy atom. The van der Waals surface area contributed by atoms with Gasteiger partial charge in [0.15, 0.2) is 0 Å². The molecule has 0 radical (unpaired) electrons. The van der Waals surface area contributed by atoms with E-state index in [9.17, 15) is 5.11 Å². The summed E-state index contributed by atoms with van der Waals surface area (Å²) in [6.45, 7) is 4.78. The summed E-state index contributed by atoms with van der Waals surface area (Å²) in [7, 11) is 0. The molecule has 0 amide bonds. The number of β-amino-alcohol motifs (C(OH)–C–C–N with tert-alkyl or cyclic N) is 1. The zero-order valence-corrected chi connectivity index (χ0v) is 19.2. The predicted octanol–water partition coefficient (Wildman–Crippen LogP) is 3.97. The number of aliphatic hydroxyl groups is 1. The highest BCUT2D eigenvalue weighted by Crippen LogP contribution is 2.24. The number of aromatic amines is 1. The summed E-state index contributed by atoms with van der Waals surface area (Å²) in [6.07, 6.45) is 3.31. The van der Waals surface area contributed by atoms with Gasteiger partial charge in [0.25, 0.3) is 0 Å². The van der Waals surface area contributed by atoms with Crippen molar-refractivity contribution >= 4 is 10.9 Å². The maximum atomic E-state index is 10.4. The first-order chi connectivity index (χ1) is 16.4. The zero-order chi connectivity index (χ0) is 24.0. The molecule has 174 valence electrons. The van der Waals surface area contributed by atoms with Gasteiger partial charge >= 0.3 is 0 Å². The van der Waals surface area contributed by atoms with Crippen LogP contribution in [0.5, 0.6) is 17.4 Å². The topological polar surface area (TPSA) is 116 Å². The minimum atomic E-state index is -0.655. The Morgan fingerprint density at radius 2 is 1.94 bits per heavy atom. The number of ether oxygens (including phenoxy) is 2. The molecule has 3 N–H and O–H groups in total. The van der Waals surface area contributed by atoms with Crippen LogP contribution in [-0.4, -0.2) is 45.1 Å². The van der Waals surface area contributed by atoms with Crippen molar-refractivity contribution in [3.8, 4) is 23.4 Å². The number of nitrogens with zero attached hydrogens (tertiary/aromatic N) is 3. The van der Waals surface area contributed by atoms with E-state index < -0.39 is 6.10 Å². The van der Waals surface area contributed by atoms with E-state index in [4.69, 9.17) is 14.7 Å². The normalized spacial score (nSPS) is 12.3. The molecule has 0 aliphatic carbocycles. The van der Waals surface area contributed by atoms with Gasteiger partial charge in [0.2, 0.25) is 5.88 Å². The molecule has 8 nitrogen and oxygen atoms in total. The van der Waals surface area contributed by atoms with E-state index in [0.717, 1.165) is 22.9 Å². The molecule has 0 unspecified atom stereocenters. The molecule has 2 aromatic carbocycles. The number of fused-ring (bicyclic) bond motifs is 1. The second-order valence-electron chi connectivity index (χ2n) is 8.74. The second kappa shape index (κ2) is 10.3. The molecule has 8 heteroatoms. The first kappa shape index (κ1) is 23.2. The number of pyridine rings is 1. The lowest BCUT2D eigenvalue weighted by Crippen LogP contribution is -2.46. The van der Waals surface area contributed by atoms with Crippen LogP contribution in [0, 0.1) is 11.3 Å². The van der Waals surface area contributed by atoms with Crippen LogP contribution in [0.3, 0.4) is 0 Å². The number of benzene rings is 2. The molecule has 0 bridgehead atoms. The SMILES string of the molecule is CC(C)(Cc1ccc(Oc2ccc(C#N)cn2)cc1)NC[C@H](O)COc1cccc2[nH]ncc12. The van der Waals surface area contributed by atoms with Gasteiger partial charge in [0.1, 0.15) is 30.3 Å². The molecule has 0 fully saturated rings. The van der Waals surface area contributed by atoms with E-state index in [-0.39, 0.29) is 12.1 Å². The third-order valence-electron chi connectivity index (χ3n) is 5.35. The van der Waals surface area contributed by atoms with Crippen LogP contribution >= 0.6 is 0 Å². The van der Waals surface area contributed by atoms with Gasteiger partial charge in [-0.1, -0.05) is 18.2 Å². The van der Waals surface area contributed by atoms with Crippen LogP contribution < -0.4 is 14.8 Å². The summed E-state index contributed by atoms with van der Waals surface area (Å²) >= 11 is 0. The molecule has 0 spiro atoms. The molecule has 2 heterocycles. The Hall–Kier alpha value is -3.93. The van der Waals surface area contributed by atoms with Crippen molar-refractivity contribution in [1.29, 1.82) is 5.26 Å². The molecular weight excluding hydrogens is 430 g/mol. The first-order valence-corrected chi connectivity index (χ1v) is 11.0. The first-order valence-electron chi connectivity index (χ1n) is 11.0. The highest BCUT2D eigenvalue weighted by molar-refractivity contribution is 5.84. The largest absolute Gasteiger partial charge is 0.490 e. The van der Waals surface area contributed by atoms with Gasteiger partial charge in [0, 0.05) is 24.3 Å². The molecule has 0 aliphatic rings. The third kappa shape index (κ3) is 6.10. The Bertz CT molecular complexity index is 1260. The summed E-state index contributed by atoms with van der Waals surface area (Å²) in [5.74, 6) is 1.81. The van der Waals surface area contributed by atoms with Gasteiger partial charge < -0.3 is 19.9 Å². The number of hydrogen-bond acceptors (Lipinski definition) is 7. The van der Waals surface area contributed by atoms with Crippen molar-refractivity contribution in [2.75, 3.05) is 13.2 Å². The molecule has 0 saturated carbocycles. The van der Waals surface area contributed by atoms with E-state index in [1.54, 1.807) is 18.3 Å². The van der Waals surface area contributed by atoms with Crippen molar-refractivity contribution in [2.24, 2.45) is 0 Å². The van der Waals surface area contributed by atoms with Gasteiger partial charge in [-0.15, -0.1) is 0 Å². The average molecular weight is 458 g/mol. The third-order valence-corrected chi connectivity index (χ3v) is 5.35. The lowest BCUT2D eigenvalue weighted by molar-refractivity contribution is 0.0996. The maximum absolute atomic E-state index is 10.4. The van der Waals surface area contributed by atoms with E-state index in [1.807, 2.05) is 48.5 Å². The fourth-order valence-electron chi connectivity index (χ4n) is 3.58. The highest BCUT2D eigenvalue weighted by Gasteiger charge is 2.20. The van der Waals surface area contributed by atoms with E-state index in [1.165, 1.54) is 6.20 Å². The number of aromatic nitrogens is 3. The van der Waals surface area contributed by atoms with E-state index in [0.29, 0.717) is 29.5 Å². The molecule has 4 rings (SSSR count). The average Bonchev–Trinajstić information content (AvgIpc) is 3.33. The number of rotatable bonds is 10. The van der Waals surface area contributed by atoms with Crippen molar-refractivity contribution in [3.05, 3.63) is 78.1 Å². The van der Waals surface area contributed by atoms with Crippen LogP contribution in [-0.2, 0) is 6.42 Å². The van der Waals surface area contributed by atoms with E-state index >= 15 is 0 Å². The molecular formula is C26H27N5O3. The minimum Gasteiger partial charge on any atom is -0.490 e. The monoisotopic (exact) mass is 457 g/mol.